The van der Waals surface area contributed by atoms with E-state index in [-0.39, 0.29) is 18.5 Å². The Morgan fingerprint density at radius 2 is 1.83 bits per heavy atom. The first-order valence-electron chi connectivity index (χ1n) is 12.4. The maximum atomic E-state index is 13.3. The summed E-state index contributed by atoms with van der Waals surface area (Å²) in [6.45, 7) is 10.7. The van der Waals surface area contributed by atoms with Crippen LogP contribution in [0.5, 0.6) is 0 Å². The van der Waals surface area contributed by atoms with Crippen LogP contribution in [0.15, 0.2) is 29.5 Å². The predicted octanol–water partition coefficient (Wildman–Crippen LogP) is 1.31. The highest BCUT2D eigenvalue weighted by Gasteiger charge is 2.35. The molecule has 11 nitrogen and oxygen atoms in total. The van der Waals surface area contributed by atoms with Gasteiger partial charge in [-0.05, 0) is 31.7 Å². The largest absolute Gasteiger partial charge is 0.483 e. The van der Waals surface area contributed by atoms with Crippen LogP contribution in [-0.2, 0) is 40.5 Å². The molecule has 2 aromatic heterocycles. The van der Waals surface area contributed by atoms with E-state index in [1.807, 2.05) is 6.33 Å². The summed E-state index contributed by atoms with van der Waals surface area (Å²) in [5.74, 6) is 0.989. The van der Waals surface area contributed by atoms with Crippen LogP contribution in [0.2, 0.25) is 0 Å². The Labute approximate surface area is 210 Å². The fourth-order valence-corrected chi connectivity index (χ4v) is 5.43. The molecule has 3 aliphatic heterocycles. The third-order valence-corrected chi connectivity index (χ3v) is 6.90. The SMILES string of the molecule is CCn1cnc(CN2C[C@@H]3C[C@H](C2)c2ccc(CN4CCCOCC4)c(=O)n2C3)c1.O=CO.O=CO. The number of pyridine rings is 1. The molecule has 2 aromatic rings. The quantitative estimate of drug-likeness (QED) is 0.580. The van der Waals surface area contributed by atoms with Gasteiger partial charge in [-0.1, -0.05) is 6.07 Å². The number of rotatable bonds is 5. The van der Waals surface area contributed by atoms with E-state index in [2.05, 4.69) is 49.2 Å². The Hall–Kier alpha value is -3.02. The first-order chi connectivity index (χ1) is 17.5. The van der Waals surface area contributed by atoms with Crippen molar-refractivity contribution in [1.82, 2.24) is 23.9 Å². The number of carbonyl (C=O) groups is 2. The van der Waals surface area contributed by atoms with Crippen LogP contribution in [0.25, 0.3) is 0 Å². The molecule has 0 radical (unpaired) electrons. The Morgan fingerprint density at radius 3 is 2.56 bits per heavy atom. The highest BCUT2D eigenvalue weighted by Crippen LogP contribution is 2.35. The lowest BCUT2D eigenvalue weighted by Crippen LogP contribution is -2.47. The van der Waals surface area contributed by atoms with E-state index in [1.54, 1.807) is 0 Å². The minimum absolute atomic E-state index is 0.225. The van der Waals surface area contributed by atoms with Crippen molar-refractivity contribution in [3.63, 3.8) is 0 Å². The lowest BCUT2D eigenvalue weighted by atomic mass is 9.83. The minimum Gasteiger partial charge on any atom is -0.483 e. The number of piperidine rings is 1. The van der Waals surface area contributed by atoms with E-state index in [0.29, 0.717) is 11.8 Å². The summed E-state index contributed by atoms with van der Waals surface area (Å²) < 4.78 is 9.78. The van der Waals surface area contributed by atoms with Gasteiger partial charge in [0.05, 0.1) is 18.6 Å². The third kappa shape index (κ3) is 7.25. The highest BCUT2D eigenvalue weighted by molar-refractivity contribution is 5.33. The van der Waals surface area contributed by atoms with Crippen molar-refractivity contribution in [2.75, 3.05) is 39.4 Å². The van der Waals surface area contributed by atoms with Crippen LogP contribution in [-0.4, -0.2) is 86.5 Å². The second-order valence-electron chi connectivity index (χ2n) is 9.34. The molecule has 5 rings (SSSR count). The number of likely N-dealkylation sites (tertiary alicyclic amines) is 1. The van der Waals surface area contributed by atoms with Gasteiger partial charge in [-0.3, -0.25) is 24.2 Å². The van der Waals surface area contributed by atoms with Gasteiger partial charge >= 0.3 is 0 Å². The van der Waals surface area contributed by atoms with Crippen molar-refractivity contribution >= 4 is 12.9 Å². The Kier molecular flexibility index (Phi) is 10.6. The fraction of sp³-hybridized carbons (Fsp3) is 0.600. The van der Waals surface area contributed by atoms with Crippen LogP contribution < -0.4 is 5.56 Å². The molecule has 0 spiro atoms. The summed E-state index contributed by atoms with van der Waals surface area (Å²) in [6.07, 6.45) is 6.32. The van der Waals surface area contributed by atoms with Gasteiger partial charge in [0.2, 0.25) is 0 Å². The molecule has 2 atom stereocenters. The van der Waals surface area contributed by atoms with Gasteiger partial charge < -0.3 is 24.1 Å². The normalized spacial score (nSPS) is 21.6. The number of aromatic nitrogens is 3. The molecule has 198 valence electrons. The van der Waals surface area contributed by atoms with Crippen molar-refractivity contribution in [2.45, 2.75) is 51.9 Å². The smallest absolute Gasteiger partial charge is 0.290 e. The number of ether oxygens (including phenoxy) is 1. The number of carboxylic acid groups (broad SMARTS) is 2. The molecule has 2 saturated heterocycles. The first kappa shape index (κ1) is 27.6. The molecule has 2 N–H and O–H groups in total. The van der Waals surface area contributed by atoms with Gasteiger partial charge in [-0.2, -0.15) is 0 Å². The third-order valence-electron chi connectivity index (χ3n) is 6.90. The molecule has 0 saturated carbocycles. The van der Waals surface area contributed by atoms with Crippen LogP contribution in [0, 0.1) is 5.92 Å². The number of imidazole rings is 1. The average molecular weight is 504 g/mol. The monoisotopic (exact) mass is 503 g/mol. The van der Waals surface area contributed by atoms with Gasteiger partial charge in [0.15, 0.2) is 0 Å². The summed E-state index contributed by atoms with van der Waals surface area (Å²) in [5.41, 5.74) is 3.53. The molecule has 5 heterocycles. The Bertz CT molecular complexity index is 1020. The molecule has 36 heavy (non-hydrogen) atoms. The van der Waals surface area contributed by atoms with Crippen LogP contribution in [0.1, 0.15) is 42.6 Å². The molecule has 11 heteroatoms. The number of hydrogen-bond donors (Lipinski definition) is 2. The standard InChI is InChI=1S/C23H33N5O2.2CH2O2/c1-2-25-15-21(24-17-25)16-27-11-18-10-20(14-27)22-5-4-19(23(29)28(22)12-18)13-26-6-3-8-30-9-7-26;2*2-1-3/h4-5,15,17-18,20H,2-3,6-14,16H2,1H3;2*1H,(H,2,3)/t18-,20+;;/m0../s1. The average Bonchev–Trinajstić information content (AvgIpc) is 3.15. The van der Waals surface area contributed by atoms with Crippen LogP contribution in [0.3, 0.4) is 0 Å². The van der Waals surface area contributed by atoms with Crippen molar-refractivity contribution in [3.05, 3.63) is 52.0 Å². The van der Waals surface area contributed by atoms with E-state index in [1.165, 1.54) is 12.1 Å². The van der Waals surface area contributed by atoms with E-state index < -0.39 is 0 Å². The van der Waals surface area contributed by atoms with E-state index in [9.17, 15) is 4.79 Å². The second-order valence-corrected chi connectivity index (χ2v) is 9.34. The summed E-state index contributed by atoms with van der Waals surface area (Å²) in [4.78, 5) is 39.5. The topological polar surface area (TPSA) is 130 Å². The van der Waals surface area contributed by atoms with Crippen LogP contribution >= 0.6 is 0 Å². The summed E-state index contributed by atoms with van der Waals surface area (Å²) in [7, 11) is 0. The van der Waals surface area contributed by atoms with Gasteiger partial charge in [-0.15, -0.1) is 0 Å². The minimum atomic E-state index is -0.250. The zero-order chi connectivity index (χ0) is 25.9. The van der Waals surface area contributed by atoms with Crippen molar-refractivity contribution in [2.24, 2.45) is 5.92 Å². The molecule has 2 fully saturated rings. The van der Waals surface area contributed by atoms with Gasteiger partial charge in [0, 0.05) is 82.3 Å². The molecular weight excluding hydrogens is 466 g/mol. The van der Waals surface area contributed by atoms with Crippen molar-refractivity contribution < 1.29 is 24.5 Å². The zero-order valence-corrected chi connectivity index (χ0v) is 20.9. The Balaban J connectivity index is 0.000000550. The second kappa shape index (κ2) is 13.9. The van der Waals surface area contributed by atoms with Crippen LogP contribution in [0.4, 0.5) is 0 Å². The summed E-state index contributed by atoms with van der Waals surface area (Å²) >= 11 is 0. The van der Waals surface area contributed by atoms with E-state index in [4.69, 9.17) is 24.5 Å². The lowest BCUT2D eigenvalue weighted by molar-refractivity contribution is -0.123. The fourth-order valence-electron chi connectivity index (χ4n) is 5.43. The molecule has 0 aromatic carbocycles. The number of hydrogen-bond acceptors (Lipinski definition) is 7. The maximum Gasteiger partial charge on any atom is 0.290 e. The van der Waals surface area contributed by atoms with Gasteiger partial charge in [0.1, 0.15) is 0 Å². The Morgan fingerprint density at radius 1 is 1.06 bits per heavy atom. The number of fused-ring (bicyclic) bond motifs is 4. The zero-order valence-electron chi connectivity index (χ0n) is 20.9. The number of nitrogens with zero attached hydrogens (tertiary/aromatic N) is 5. The molecule has 0 amide bonds. The van der Waals surface area contributed by atoms with E-state index >= 15 is 0 Å². The molecule has 0 unspecified atom stereocenters. The molecule has 0 aliphatic carbocycles. The van der Waals surface area contributed by atoms with Gasteiger partial charge in [0.25, 0.3) is 18.5 Å². The van der Waals surface area contributed by atoms with Crippen molar-refractivity contribution in [1.29, 1.82) is 0 Å². The predicted molar refractivity (Wildman–Crippen MR) is 133 cm³/mol. The lowest BCUT2D eigenvalue weighted by Gasteiger charge is -2.42. The summed E-state index contributed by atoms with van der Waals surface area (Å²) in [6, 6.07) is 4.31. The number of aryl methyl sites for hydroxylation is 1. The summed E-state index contributed by atoms with van der Waals surface area (Å²) in [5, 5.41) is 13.8. The van der Waals surface area contributed by atoms with E-state index in [0.717, 1.165) is 83.3 Å². The van der Waals surface area contributed by atoms with Gasteiger partial charge in [-0.25, -0.2) is 4.98 Å². The highest BCUT2D eigenvalue weighted by atomic mass is 16.5. The molecule has 3 aliphatic rings. The first-order valence-corrected chi connectivity index (χ1v) is 12.4. The molecule has 2 bridgehead atoms. The molecular formula is C25H37N5O6. The maximum absolute atomic E-state index is 13.3. The van der Waals surface area contributed by atoms with Crippen molar-refractivity contribution in [3.8, 4) is 0 Å².